The first-order valence-corrected chi connectivity index (χ1v) is 5.95. The third-order valence-corrected chi connectivity index (χ3v) is 2.27. The van der Waals surface area contributed by atoms with E-state index < -0.39 is 0 Å². The molecular formula is C13H22BrN3O. The first-order valence-electron chi connectivity index (χ1n) is 5.95. The maximum Gasteiger partial charge on any atom is 0.191 e. The lowest BCUT2D eigenvalue weighted by atomic mass is 10.2. The molecule has 0 heterocycles. The van der Waals surface area contributed by atoms with Crippen LogP contribution in [0.5, 0.6) is 5.75 Å². The molecule has 0 spiro atoms. The number of nitrogens with one attached hydrogen (secondary N) is 2. The Morgan fingerprint density at radius 3 is 2.11 bits per heavy atom. The standard InChI is InChI=1S/C13H21N3O.BrH/c1-4-14-13(15-5-2)16-10-11-6-8-12(17-3)9-7-11;/h6-9H,4-5,10H2,1-3H3,(H2,14,15,16);1H. The van der Waals surface area contributed by atoms with E-state index in [1.165, 1.54) is 5.56 Å². The summed E-state index contributed by atoms with van der Waals surface area (Å²) in [6, 6.07) is 7.95. The molecule has 0 saturated carbocycles. The Balaban J connectivity index is 0.00000289. The summed E-state index contributed by atoms with van der Waals surface area (Å²) in [5.41, 5.74) is 1.17. The molecule has 102 valence electrons. The average Bonchev–Trinajstić information content (AvgIpc) is 2.37. The van der Waals surface area contributed by atoms with Gasteiger partial charge >= 0.3 is 0 Å². The van der Waals surface area contributed by atoms with E-state index in [2.05, 4.69) is 29.5 Å². The van der Waals surface area contributed by atoms with Crippen molar-refractivity contribution in [1.29, 1.82) is 0 Å². The van der Waals surface area contributed by atoms with Crippen molar-refractivity contribution in [3.05, 3.63) is 29.8 Å². The van der Waals surface area contributed by atoms with Gasteiger partial charge in [-0.25, -0.2) is 4.99 Å². The predicted molar refractivity (Wildman–Crippen MR) is 81.8 cm³/mol. The van der Waals surface area contributed by atoms with E-state index in [1.807, 2.05) is 24.3 Å². The van der Waals surface area contributed by atoms with Crippen LogP contribution in [0.2, 0.25) is 0 Å². The average molecular weight is 316 g/mol. The van der Waals surface area contributed by atoms with Crippen LogP contribution in [0.3, 0.4) is 0 Å². The third-order valence-electron chi connectivity index (χ3n) is 2.27. The van der Waals surface area contributed by atoms with Gasteiger partial charge in [0.1, 0.15) is 5.75 Å². The van der Waals surface area contributed by atoms with Gasteiger partial charge in [-0.05, 0) is 31.5 Å². The molecule has 0 fully saturated rings. The first kappa shape index (κ1) is 16.8. The lowest BCUT2D eigenvalue weighted by Gasteiger charge is -2.09. The Labute approximate surface area is 120 Å². The summed E-state index contributed by atoms with van der Waals surface area (Å²) in [6.45, 7) is 6.52. The minimum atomic E-state index is 0. The predicted octanol–water partition coefficient (Wildman–Crippen LogP) is 2.35. The largest absolute Gasteiger partial charge is 0.497 e. The van der Waals surface area contributed by atoms with Crippen LogP contribution in [0, 0.1) is 0 Å². The SMILES string of the molecule is Br.CCNC(=NCc1ccc(OC)cc1)NCC. The second kappa shape index (κ2) is 9.76. The molecule has 0 aromatic heterocycles. The normalized spacial score (nSPS) is 9.06. The van der Waals surface area contributed by atoms with Crippen LogP contribution >= 0.6 is 17.0 Å². The van der Waals surface area contributed by atoms with Crippen molar-refractivity contribution in [2.45, 2.75) is 20.4 Å². The monoisotopic (exact) mass is 315 g/mol. The van der Waals surface area contributed by atoms with Gasteiger partial charge in [0, 0.05) is 13.1 Å². The van der Waals surface area contributed by atoms with Crippen molar-refractivity contribution >= 4 is 22.9 Å². The molecule has 4 nitrogen and oxygen atoms in total. The molecule has 0 unspecified atom stereocenters. The zero-order valence-corrected chi connectivity index (χ0v) is 12.9. The van der Waals surface area contributed by atoms with E-state index in [1.54, 1.807) is 7.11 Å². The fourth-order valence-electron chi connectivity index (χ4n) is 1.41. The Bertz CT molecular complexity index is 344. The number of halogens is 1. The van der Waals surface area contributed by atoms with Crippen LogP contribution < -0.4 is 15.4 Å². The van der Waals surface area contributed by atoms with Crippen LogP contribution in [-0.4, -0.2) is 26.2 Å². The molecule has 0 aliphatic rings. The quantitative estimate of drug-likeness (QED) is 0.647. The number of rotatable bonds is 5. The topological polar surface area (TPSA) is 45.7 Å². The fourth-order valence-corrected chi connectivity index (χ4v) is 1.41. The van der Waals surface area contributed by atoms with Crippen molar-refractivity contribution in [1.82, 2.24) is 10.6 Å². The minimum absolute atomic E-state index is 0. The number of hydrogen-bond donors (Lipinski definition) is 2. The molecule has 2 N–H and O–H groups in total. The number of methoxy groups -OCH3 is 1. The number of nitrogens with zero attached hydrogens (tertiary/aromatic N) is 1. The van der Waals surface area contributed by atoms with Gasteiger partial charge in [-0.3, -0.25) is 0 Å². The number of guanidine groups is 1. The summed E-state index contributed by atoms with van der Waals surface area (Å²) in [6.07, 6.45) is 0. The van der Waals surface area contributed by atoms with Gasteiger partial charge in [0.2, 0.25) is 0 Å². The minimum Gasteiger partial charge on any atom is -0.497 e. The third kappa shape index (κ3) is 5.91. The molecule has 0 saturated heterocycles. The maximum atomic E-state index is 5.11. The highest BCUT2D eigenvalue weighted by Crippen LogP contribution is 2.11. The fraction of sp³-hybridized carbons (Fsp3) is 0.462. The van der Waals surface area contributed by atoms with Gasteiger partial charge in [-0.2, -0.15) is 0 Å². The van der Waals surface area contributed by atoms with Gasteiger partial charge < -0.3 is 15.4 Å². The molecule has 18 heavy (non-hydrogen) atoms. The first-order chi connectivity index (χ1) is 8.30. The number of hydrogen-bond acceptors (Lipinski definition) is 2. The Hall–Kier alpha value is -1.23. The maximum absolute atomic E-state index is 5.11. The highest BCUT2D eigenvalue weighted by Gasteiger charge is 1.96. The van der Waals surface area contributed by atoms with Crippen LogP contribution in [0.15, 0.2) is 29.3 Å². The van der Waals surface area contributed by atoms with Crippen LogP contribution in [0.1, 0.15) is 19.4 Å². The summed E-state index contributed by atoms with van der Waals surface area (Å²) in [5, 5.41) is 6.38. The Kier molecular flexibility index (Phi) is 9.10. The summed E-state index contributed by atoms with van der Waals surface area (Å²) >= 11 is 0. The molecule has 1 aromatic rings. The van der Waals surface area contributed by atoms with E-state index in [0.717, 1.165) is 24.8 Å². The molecular weight excluding hydrogens is 294 g/mol. The molecule has 0 atom stereocenters. The van der Waals surface area contributed by atoms with E-state index in [-0.39, 0.29) is 17.0 Å². The summed E-state index contributed by atoms with van der Waals surface area (Å²) < 4.78 is 5.11. The zero-order valence-electron chi connectivity index (χ0n) is 11.2. The van der Waals surface area contributed by atoms with Crippen LogP contribution in [-0.2, 0) is 6.54 Å². The van der Waals surface area contributed by atoms with Crippen molar-refractivity contribution in [3.63, 3.8) is 0 Å². The zero-order chi connectivity index (χ0) is 12.5. The molecule has 1 aromatic carbocycles. The van der Waals surface area contributed by atoms with Gasteiger partial charge in [-0.1, -0.05) is 12.1 Å². The summed E-state index contributed by atoms with van der Waals surface area (Å²) in [5.74, 6) is 1.72. The van der Waals surface area contributed by atoms with Gasteiger partial charge in [0.25, 0.3) is 0 Å². The van der Waals surface area contributed by atoms with E-state index in [4.69, 9.17) is 4.74 Å². The molecule has 0 bridgehead atoms. The molecule has 1 rings (SSSR count). The van der Waals surface area contributed by atoms with Crippen LogP contribution in [0.25, 0.3) is 0 Å². The highest BCUT2D eigenvalue weighted by atomic mass is 79.9. The molecule has 0 aliphatic heterocycles. The second-order valence-electron chi connectivity index (χ2n) is 3.57. The van der Waals surface area contributed by atoms with Gasteiger partial charge in [0.15, 0.2) is 5.96 Å². The molecule has 0 amide bonds. The van der Waals surface area contributed by atoms with Crippen molar-refractivity contribution in [2.24, 2.45) is 4.99 Å². The lowest BCUT2D eigenvalue weighted by Crippen LogP contribution is -2.36. The van der Waals surface area contributed by atoms with E-state index in [0.29, 0.717) is 6.54 Å². The second-order valence-corrected chi connectivity index (χ2v) is 3.57. The van der Waals surface area contributed by atoms with Crippen molar-refractivity contribution in [2.75, 3.05) is 20.2 Å². The lowest BCUT2D eigenvalue weighted by molar-refractivity contribution is 0.414. The summed E-state index contributed by atoms with van der Waals surface area (Å²) in [4.78, 5) is 4.48. The van der Waals surface area contributed by atoms with Gasteiger partial charge in [-0.15, -0.1) is 17.0 Å². The number of ether oxygens (including phenoxy) is 1. The van der Waals surface area contributed by atoms with Crippen LogP contribution in [0.4, 0.5) is 0 Å². The van der Waals surface area contributed by atoms with Crippen molar-refractivity contribution < 1.29 is 4.74 Å². The van der Waals surface area contributed by atoms with E-state index >= 15 is 0 Å². The van der Waals surface area contributed by atoms with Crippen molar-refractivity contribution in [3.8, 4) is 5.75 Å². The molecule has 0 aliphatic carbocycles. The van der Waals surface area contributed by atoms with Gasteiger partial charge in [0.05, 0.1) is 13.7 Å². The Morgan fingerprint density at radius 1 is 1.11 bits per heavy atom. The number of benzene rings is 1. The molecule has 5 heteroatoms. The Morgan fingerprint density at radius 2 is 1.67 bits per heavy atom. The molecule has 0 radical (unpaired) electrons. The highest BCUT2D eigenvalue weighted by molar-refractivity contribution is 8.93. The van der Waals surface area contributed by atoms with E-state index in [9.17, 15) is 0 Å². The summed E-state index contributed by atoms with van der Waals surface area (Å²) in [7, 11) is 1.67. The smallest absolute Gasteiger partial charge is 0.191 e. The number of aliphatic imine (C=N–C) groups is 1.